The van der Waals surface area contributed by atoms with Gasteiger partial charge in [-0.2, -0.15) is 0 Å². The van der Waals surface area contributed by atoms with E-state index in [2.05, 4.69) is 10.3 Å². The Morgan fingerprint density at radius 3 is 2.81 bits per heavy atom. The number of aryl methyl sites for hydroxylation is 2. The molecule has 2 atom stereocenters. The molecular weight excluding hydrogens is 359 g/mol. The van der Waals surface area contributed by atoms with Crippen LogP contribution in [0.4, 0.5) is 4.39 Å². The van der Waals surface area contributed by atoms with Gasteiger partial charge in [-0.3, -0.25) is 4.79 Å². The Bertz CT molecular complexity index is 846. The Hall–Kier alpha value is -2.32. The van der Waals surface area contributed by atoms with Crippen LogP contribution in [0.2, 0.25) is 0 Å². The van der Waals surface area contributed by atoms with Crippen LogP contribution >= 0.6 is 11.3 Å². The smallest absolute Gasteiger partial charge is 0.330 e. The summed E-state index contributed by atoms with van der Waals surface area (Å²) >= 11 is 1.26. The second-order valence-electron chi connectivity index (χ2n) is 6.28. The summed E-state index contributed by atoms with van der Waals surface area (Å²) < 4.78 is 18.8. The average Bonchev–Trinajstić information content (AvgIpc) is 3.24. The molecule has 0 bridgehead atoms. The van der Waals surface area contributed by atoms with Crippen LogP contribution in [-0.4, -0.2) is 35.2 Å². The zero-order valence-corrected chi connectivity index (χ0v) is 15.2. The molecule has 3 rings (SSSR count). The molecule has 0 aliphatic carbocycles. The summed E-state index contributed by atoms with van der Waals surface area (Å²) in [7, 11) is 0. The average molecular weight is 378 g/mol. The van der Waals surface area contributed by atoms with Crippen molar-refractivity contribution in [2.24, 2.45) is 0 Å². The van der Waals surface area contributed by atoms with Crippen molar-refractivity contribution in [2.45, 2.75) is 32.2 Å². The van der Waals surface area contributed by atoms with Gasteiger partial charge in [0.05, 0.1) is 17.3 Å². The van der Waals surface area contributed by atoms with Crippen LogP contribution in [0.15, 0.2) is 18.2 Å². The molecule has 1 fully saturated rings. The summed E-state index contributed by atoms with van der Waals surface area (Å²) in [4.78, 5) is 29.1. The van der Waals surface area contributed by atoms with Crippen molar-refractivity contribution in [3.63, 3.8) is 0 Å². The molecule has 2 unspecified atom stereocenters. The lowest BCUT2D eigenvalue weighted by Gasteiger charge is -2.15. The first-order chi connectivity index (χ1) is 12.4. The molecule has 1 saturated heterocycles. The first-order valence-corrected chi connectivity index (χ1v) is 9.03. The number of rotatable bonds is 5. The summed E-state index contributed by atoms with van der Waals surface area (Å²) in [6.45, 7) is 4.53. The molecule has 138 valence electrons. The molecule has 1 aliphatic heterocycles. The van der Waals surface area contributed by atoms with Gasteiger partial charge in [0.1, 0.15) is 10.7 Å². The Kier molecular flexibility index (Phi) is 5.33. The quantitative estimate of drug-likeness (QED) is 0.835. The Morgan fingerprint density at radius 1 is 1.42 bits per heavy atom. The minimum Gasteiger partial charge on any atom is -0.479 e. The third kappa shape index (κ3) is 3.76. The molecule has 0 radical (unpaired) electrons. The molecule has 1 amide bonds. The van der Waals surface area contributed by atoms with Gasteiger partial charge in [-0.05, 0) is 37.5 Å². The molecule has 2 aromatic rings. The summed E-state index contributed by atoms with van der Waals surface area (Å²) in [6.07, 6.45) is 0.862. The standard InChI is InChI=1S/C18H19FN2O4S/c1-9-7-11(3-4-13(9)19)14(18(23)24)21-16(22)15-10(2)20-17(26-15)12-5-6-25-8-12/h3-4,7,12,14H,5-6,8H2,1-2H3,(H,21,22)(H,23,24). The summed E-state index contributed by atoms with van der Waals surface area (Å²) in [5.41, 5.74) is 1.20. The third-order valence-electron chi connectivity index (χ3n) is 4.34. The number of carboxylic acid groups (broad SMARTS) is 1. The number of nitrogens with one attached hydrogen (secondary N) is 1. The van der Waals surface area contributed by atoms with Crippen molar-refractivity contribution in [3.05, 3.63) is 50.7 Å². The number of hydrogen-bond acceptors (Lipinski definition) is 5. The molecule has 26 heavy (non-hydrogen) atoms. The van der Waals surface area contributed by atoms with E-state index in [-0.39, 0.29) is 5.92 Å². The molecule has 0 saturated carbocycles. The lowest BCUT2D eigenvalue weighted by molar-refractivity contribution is -0.139. The van der Waals surface area contributed by atoms with Gasteiger partial charge in [0.25, 0.3) is 5.91 Å². The molecular formula is C18H19FN2O4S. The lowest BCUT2D eigenvalue weighted by atomic mass is 10.0. The number of amides is 1. The van der Waals surface area contributed by atoms with Gasteiger partial charge in [-0.1, -0.05) is 12.1 Å². The third-order valence-corrected chi connectivity index (χ3v) is 5.65. The number of benzene rings is 1. The maximum Gasteiger partial charge on any atom is 0.330 e. The molecule has 1 aliphatic rings. The summed E-state index contributed by atoms with van der Waals surface area (Å²) in [5.74, 6) is -1.96. The van der Waals surface area contributed by atoms with E-state index in [1.807, 2.05) is 0 Å². The van der Waals surface area contributed by atoms with Gasteiger partial charge >= 0.3 is 5.97 Å². The highest BCUT2D eigenvalue weighted by molar-refractivity contribution is 7.13. The summed E-state index contributed by atoms with van der Waals surface area (Å²) in [5, 5.41) is 12.8. The number of aliphatic carboxylic acids is 1. The molecule has 1 aromatic carbocycles. The van der Waals surface area contributed by atoms with Gasteiger partial charge in [0.2, 0.25) is 0 Å². The van der Waals surface area contributed by atoms with E-state index in [0.29, 0.717) is 34.9 Å². The normalized spacial score (nSPS) is 17.9. The number of halogens is 1. The fraction of sp³-hybridized carbons (Fsp3) is 0.389. The van der Waals surface area contributed by atoms with Crippen molar-refractivity contribution in [3.8, 4) is 0 Å². The molecule has 6 nitrogen and oxygen atoms in total. The van der Waals surface area contributed by atoms with Crippen LogP contribution in [0.3, 0.4) is 0 Å². The van der Waals surface area contributed by atoms with Gasteiger partial charge in [-0.25, -0.2) is 14.2 Å². The van der Waals surface area contributed by atoms with Gasteiger partial charge in [-0.15, -0.1) is 11.3 Å². The Labute approximate surface area is 154 Å². The van der Waals surface area contributed by atoms with E-state index in [4.69, 9.17) is 4.74 Å². The van der Waals surface area contributed by atoms with Crippen LogP contribution in [0.5, 0.6) is 0 Å². The van der Waals surface area contributed by atoms with Crippen LogP contribution < -0.4 is 5.32 Å². The topological polar surface area (TPSA) is 88.5 Å². The first kappa shape index (κ1) is 18.5. The maximum absolute atomic E-state index is 13.4. The van der Waals surface area contributed by atoms with E-state index in [0.717, 1.165) is 11.4 Å². The second kappa shape index (κ2) is 7.51. The minimum absolute atomic E-state index is 0.176. The number of nitrogens with zero attached hydrogens (tertiary/aromatic N) is 1. The molecule has 8 heteroatoms. The monoisotopic (exact) mass is 378 g/mol. The van der Waals surface area contributed by atoms with Crippen molar-refractivity contribution < 1.29 is 23.8 Å². The minimum atomic E-state index is -1.26. The Balaban J connectivity index is 1.82. The Morgan fingerprint density at radius 2 is 2.19 bits per heavy atom. The van der Waals surface area contributed by atoms with Gasteiger partial charge in [0.15, 0.2) is 6.04 Å². The number of thiazole rings is 1. The second-order valence-corrected chi connectivity index (χ2v) is 7.31. The van der Waals surface area contributed by atoms with E-state index in [9.17, 15) is 19.1 Å². The van der Waals surface area contributed by atoms with Crippen LogP contribution in [0.25, 0.3) is 0 Å². The van der Waals surface area contributed by atoms with E-state index < -0.39 is 23.7 Å². The van der Waals surface area contributed by atoms with Gasteiger partial charge in [0, 0.05) is 12.5 Å². The van der Waals surface area contributed by atoms with Crippen molar-refractivity contribution in [1.82, 2.24) is 10.3 Å². The van der Waals surface area contributed by atoms with Crippen LogP contribution in [0, 0.1) is 19.7 Å². The highest BCUT2D eigenvalue weighted by Gasteiger charge is 2.28. The van der Waals surface area contributed by atoms with E-state index in [1.165, 1.54) is 29.5 Å². The zero-order valence-electron chi connectivity index (χ0n) is 14.4. The number of carboxylic acids is 1. The van der Waals surface area contributed by atoms with Crippen molar-refractivity contribution >= 4 is 23.2 Å². The molecule has 0 spiro atoms. The molecule has 2 heterocycles. The number of ether oxygens (including phenoxy) is 1. The predicted octanol–water partition coefficient (Wildman–Crippen LogP) is 2.96. The van der Waals surface area contributed by atoms with Gasteiger partial charge < -0.3 is 15.2 Å². The van der Waals surface area contributed by atoms with E-state index in [1.54, 1.807) is 13.8 Å². The summed E-state index contributed by atoms with van der Waals surface area (Å²) in [6, 6.07) is 2.72. The molecule has 1 aromatic heterocycles. The van der Waals surface area contributed by atoms with Crippen molar-refractivity contribution in [2.75, 3.05) is 13.2 Å². The van der Waals surface area contributed by atoms with Crippen molar-refractivity contribution in [1.29, 1.82) is 0 Å². The number of carbonyl (C=O) groups is 2. The number of hydrogen-bond donors (Lipinski definition) is 2. The van der Waals surface area contributed by atoms with Crippen LogP contribution in [-0.2, 0) is 9.53 Å². The van der Waals surface area contributed by atoms with E-state index >= 15 is 0 Å². The highest BCUT2D eigenvalue weighted by atomic mass is 32.1. The SMILES string of the molecule is Cc1cc(C(NC(=O)c2sc(C3CCOC3)nc2C)C(=O)O)ccc1F. The van der Waals surface area contributed by atoms with Crippen LogP contribution in [0.1, 0.15) is 49.9 Å². The molecule has 2 N–H and O–H groups in total. The predicted molar refractivity (Wildman–Crippen MR) is 94.0 cm³/mol. The number of aromatic nitrogens is 1. The highest BCUT2D eigenvalue weighted by Crippen LogP contribution is 2.31. The lowest BCUT2D eigenvalue weighted by Crippen LogP contribution is -2.33. The number of carbonyl (C=O) groups excluding carboxylic acids is 1. The fourth-order valence-electron chi connectivity index (χ4n) is 2.86. The zero-order chi connectivity index (χ0) is 18.8. The largest absolute Gasteiger partial charge is 0.479 e. The first-order valence-electron chi connectivity index (χ1n) is 8.21. The fourth-order valence-corrected chi connectivity index (χ4v) is 3.95. The maximum atomic E-state index is 13.4.